The van der Waals surface area contributed by atoms with E-state index >= 15 is 0 Å². The molecular formula is C16H19N3O2S. The lowest BCUT2D eigenvalue weighted by Gasteiger charge is -2.23. The highest BCUT2D eigenvalue weighted by Crippen LogP contribution is 2.16. The number of rotatable bonds is 5. The van der Waals surface area contributed by atoms with Gasteiger partial charge in [-0.3, -0.25) is 9.59 Å². The van der Waals surface area contributed by atoms with Crippen LogP contribution in [-0.2, 0) is 0 Å². The lowest BCUT2D eigenvalue weighted by Crippen LogP contribution is -2.39. The molecule has 0 spiro atoms. The van der Waals surface area contributed by atoms with Crippen LogP contribution in [0.5, 0.6) is 0 Å². The molecule has 0 fully saturated rings. The predicted octanol–water partition coefficient (Wildman–Crippen LogP) is 2.42. The monoisotopic (exact) mass is 317 g/mol. The van der Waals surface area contributed by atoms with Gasteiger partial charge in [0.05, 0.1) is 4.88 Å². The van der Waals surface area contributed by atoms with Gasteiger partial charge in [-0.15, -0.1) is 11.3 Å². The number of hydrogen-bond donors (Lipinski definition) is 2. The number of nitrogens with two attached hydrogens (primary N) is 1. The topological polar surface area (TPSA) is 75.4 Å². The van der Waals surface area contributed by atoms with E-state index in [1.807, 2.05) is 18.4 Å². The number of carbonyl (C=O) groups excluding carboxylic acids is 2. The molecule has 116 valence electrons. The number of nitrogens with zero attached hydrogens (tertiary/aromatic N) is 1. The third-order valence-electron chi connectivity index (χ3n) is 3.43. The van der Waals surface area contributed by atoms with Gasteiger partial charge in [-0.25, -0.2) is 0 Å². The fourth-order valence-corrected chi connectivity index (χ4v) is 2.51. The van der Waals surface area contributed by atoms with Gasteiger partial charge in [-0.2, -0.15) is 0 Å². The highest BCUT2D eigenvalue weighted by Gasteiger charge is 2.17. The van der Waals surface area contributed by atoms with Crippen LogP contribution in [0.2, 0.25) is 0 Å². The SMILES string of the molecule is CC(CN)N(C)C(=O)c1cccc(NC(=O)c2cccs2)c1. The Kier molecular flexibility index (Phi) is 5.30. The van der Waals surface area contributed by atoms with Crippen LogP contribution in [0, 0.1) is 0 Å². The number of likely N-dealkylation sites (N-methyl/N-ethyl adjacent to an activating group) is 1. The van der Waals surface area contributed by atoms with E-state index in [4.69, 9.17) is 5.73 Å². The summed E-state index contributed by atoms with van der Waals surface area (Å²) in [5, 5.41) is 4.64. The van der Waals surface area contributed by atoms with Crippen molar-refractivity contribution < 1.29 is 9.59 Å². The van der Waals surface area contributed by atoms with Crippen molar-refractivity contribution in [1.29, 1.82) is 0 Å². The minimum atomic E-state index is -0.178. The summed E-state index contributed by atoms with van der Waals surface area (Å²) in [6, 6.07) is 10.4. The zero-order chi connectivity index (χ0) is 16.1. The van der Waals surface area contributed by atoms with Crippen molar-refractivity contribution in [3.8, 4) is 0 Å². The van der Waals surface area contributed by atoms with E-state index in [0.717, 1.165) is 0 Å². The largest absolute Gasteiger partial charge is 0.338 e. The molecule has 6 heteroatoms. The van der Waals surface area contributed by atoms with Crippen molar-refractivity contribution in [1.82, 2.24) is 4.90 Å². The molecule has 22 heavy (non-hydrogen) atoms. The quantitative estimate of drug-likeness (QED) is 0.889. The molecular weight excluding hydrogens is 298 g/mol. The van der Waals surface area contributed by atoms with E-state index in [1.54, 1.807) is 42.3 Å². The second-order valence-electron chi connectivity index (χ2n) is 5.01. The highest BCUT2D eigenvalue weighted by atomic mass is 32.1. The third-order valence-corrected chi connectivity index (χ3v) is 4.30. The van der Waals surface area contributed by atoms with E-state index in [1.165, 1.54) is 11.3 Å². The summed E-state index contributed by atoms with van der Waals surface area (Å²) in [6.45, 7) is 2.29. The number of nitrogens with one attached hydrogen (secondary N) is 1. The Bertz CT molecular complexity index is 655. The Morgan fingerprint density at radius 2 is 2.09 bits per heavy atom. The van der Waals surface area contributed by atoms with E-state index in [0.29, 0.717) is 22.7 Å². The predicted molar refractivity (Wildman–Crippen MR) is 89.3 cm³/mol. The van der Waals surface area contributed by atoms with Gasteiger partial charge in [0.1, 0.15) is 0 Å². The fraction of sp³-hybridized carbons (Fsp3) is 0.250. The average Bonchev–Trinajstić information content (AvgIpc) is 3.07. The Hall–Kier alpha value is -2.18. The minimum Gasteiger partial charge on any atom is -0.338 e. The smallest absolute Gasteiger partial charge is 0.265 e. The number of thiophene rings is 1. The molecule has 0 saturated carbocycles. The summed E-state index contributed by atoms with van der Waals surface area (Å²) >= 11 is 1.37. The van der Waals surface area contributed by atoms with E-state index in [2.05, 4.69) is 5.32 Å². The summed E-state index contributed by atoms with van der Waals surface area (Å²) in [5.74, 6) is -0.298. The lowest BCUT2D eigenvalue weighted by molar-refractivity contribution is 0.0748. The molecule has 1 heterocycles. The Morgan fingerprint density at radius 3 is 2.73 bits per heavy atom. The minimum absolute atomic E-state index is 0.0446. The van der Waals surface area contributed by atoms with Crippen molar-refractivity contribution in [3.05, 3.63) is 52.2 Å². The molecule has 2 amide bonds. The normalized spacial score (nSPS) is 11.8. The molecule has 5 nitrogen and oxygen atoms in total. The molecule has 0 bridgehead atoms. The Morgan fingerprint density at radius 1 is 1.32 bits per heavy atom. The molecule has 0 radical (unpaired) electrons. The molecule has 1 aromatic carbocycles. The van der Waals surface area contributed by atoms with Gasteiger partial charge in [-0.05, 0) is 36.6 Å². The molecule has 3 N–H and O–H groups in total. The van der Waals surface area contributed by atoms with Crippen molar-refractivity contribution >= 4 is 28.8 Å². The summed E-state index contributed by atoms with van der Waals surface area (Å²) < 4.78 is 0. The van der Waals surface area contributed by atoms with Crippen molar-refractivity contribution in [2.24, 2.45) is 5.73 Å². The number of amides is 2. The van der Waals surface area contributed by atoms with Crippen LogP contribution < -0.4 is 11.1 Å². The zero-order valence-corrected chi connectivity index (χ0v) is 13.4. The van der Waals surface area contributed by atoms with Gasteiger partial charge in [0.2, 0.25) is 0 Å². The molecule has 0 aliphatic carbocycles. The number of benzene rings is 1. The first-order valence-corrected chi connectivity index (χ1v) is 7.83. The summed E-state index contributed by atoms with van der Waals surface area (Å²) in [4.78, 5) is 26.6. The fourth-order valence-electron chi connectivity index (χ4n) is 1.89. The molecule has 2 aromatic rings. The first-order chi connectivity index (χ1) is 10.5. The molecule has 1 aromatic heterocycles. The Labute approximate surface area is 133 Å². The van der Waals surface area contributed by atoms with Crippen LogP contribution >= 0.6 is 11.3 Å². The van der Waals surface area contributed by atoms with Gasteiger partial charge in [-0.1, -0.05) is 12.1 Å². The van der Waals surface area contributed by atoms with Crippen LogP contribution in [0.25, 0.3) is 0 Å². The molecule has 1 atom stereocenters. The number of hydrogen-bond acceptors (Lipinski definition) is 4. The number of anilines is 1. The van der Waals surface area contributed by atoms with Gasteiger partial charge in [0.25, 0.3) is 11.8 Å². The third kappa shape index (κ3) is 3.72. The molecule has 1 unspecified atom stereocenters. The van der Waals surface area contributed by atoms with E-state index in [-0.39, 0.29) is 17.9 Å². The van der Waals surface area contributed by atoms with Crippen LogP contribution in [0.15, 0.2) is 41.8 Å². The molecule has 0 saturated heterocycles. The van der Waals surface area contributed by atoms with E-state index < -0.39 is 0 Å². The maximum absolute atomic E-state index is 12.4. The van der Waals surface area contributed by atoms with Crippen LogP contribution in [0.1, 0.15) is 27.0 Å². The highest BCUT2D eigenvalue weighted by molar-refractivity contribution is 7.12. The maximum atomic E-state index is 12.4. The van der Waals surface area contributed by atoms with Crippen LogP contribution in [0.4, 0.5) is 5.69 Å². The first-order valence-electron chi connectivity index (χ1n) is 6.95. The standard InChI is InChI=1S/C16H19N3O2S/c1-11(10-17)19(2)16(21)12-5-3-6-13(9-12)18-15(20)14-7-4-8-22-14/h3-9,11H,10,17H2,1-2H3,(H,18,20). The van der Waals surface area contributed by atoms with Gasteiger partial charge in [0.15, 0.2) is 0 Å². The average molecular weight is 317 g/mol. The van der Waals surface area contributed by atoms with Crippen molar-refractivity contribution in [3.63, 3.8) is 0 Å². The molecule has 0 aliphatic rings. The van der Waals surface area contributed by atoms with Crippen LogP contribution in [-0.4, -0.2) is 36.3 Å². The zero-order valence-electron chi connectivity index (χ0n) is 12.6. The molecule has 0 aliphatic heterocycles. The van der Waals surface area contributed by atoms with Crippen molar-refractivity contribution in [2.45, 2.75) is 13.0 Å². The Balaban J connectivity index is 2.13. The van der Waals surface area contributed by atoms with E-state index in [9.17, 15) is 9.59 Å². The molecule has 2 rings (SSSR count). The maximum Gasteiger partial charge on any atom is 0.265 e. The van der Waals surface area contributed by atoms with Crippen molar-refractivity contribution in [2.75, 3.05) is 18.9 Å². The second-order valence-corrected chi connectivity index (χ2v) is 5.96. The first kappa shape index (κ1) is 16.2. The lowest BCUT2D eigenvalue weighted by atomic mass is 10.1. The number of carbonyl (C=O) groups is 2. The van der Waals surface area contributed by atoms with Gasteiger partial charge < -0.3 is 16.0 Å². The van der Waals surface area contributed by atoms with Crippen LogP contribution in [0.3, 0.4) is 0 Å². The van der Waals surface area contributed by atoms with Gasteiger partial charge >= 0.3 is 0 Å². The van der Waals surface area contributed by atoms with Gasteiger partial charge in [0, 0.05) is 30.9 Å². The summed E-state index contributed by atoms with van der Waals surface area (Å²) in [7, 11) is 1.72. The summed E-state index contributed by atoms with van der Waals surface area (Å²) in [5.41, 5.74) is 6.70. The second kappa shape index (κ2) is 7.20. The summed E-state index contributed by atoms with van der Waals surface area (Å²) in [6.07, 6.45) is 0.